The lowest BCUT2D eigenvalue weighted by Gasteiger charge is -2.10. The number of nitrogens with two attached hydrogens (primary N) is 1. The minimum Gasteiger partial charge on any atom is -0.385 e. The lowest BCUT2D eigenvalue weighted by Crippen LogP contribution is -2.12. The third-order valence-corrected chi connectivity index (χ3v) is 4.71. The van der Waals surface area contributed by atoms with E-state index in [0.717, 1.165) is 18.2 Å². The molecule has 1 aromatic rings. The van der Waals surface area contributed by atoms with Crippen LogP contribution in [0.3, 0.4) is 0 Å². The normalized spacial score (nSPS) is 16.7. The highest BCUT2D eigenvalue weighted by molar-refractivity contribution is 7.89. The Labute approximate surface area is 115 Å². The standard InChI is InChI=1S/C14H22N2O2S/c15-19(17,18)14-9-7-13(8-10-14)16-11-3-6-12-4-1-2-5-12/h7-10,12,16H,1-6,11H2,(H2,15,17,18). The van der Waals surface area contributed by atoms with Gasteiger partial charge in [0.05, 0.1) is 4.90 Å². The van der Waals surface area contributed by atoms with E-state index in [1.54, 1.807) is 12.1 Å². The third-order valence-electron chi connectivity index (χ3n) is 3.78. The first kappa shape index (κ1) is 14.3. The largest absolute Gasteiger partial charge is 0.385 e. The maximum Gasteiger partial charge on any atom is 0.238 e. The number of hydrogen-bond donors (Lipinski definition) is 2. The van der Waals surface area contributed by atoms with Gasteiger partial charge in [-0.2, -0.15) is 0 Å². The zero-order valence-corrected chi connectivity index (χ0v) is 12.0. The van der Waals surface area contributed by atoms with Gasteiger partial charge in [0.25, 0.3) is 0 Å². The van der Waals surface area contributed by atoms with Crippen LogP contribution in [0.4, 0.5) is 5.69 Å². The van der Waals surface area contributed by atoms with Gasteiger partial charge in [-0.1, -0.05) is 25.7 Å². The summed E-state index contributed by atoms with van der Waals surface area (Å²) in [6.07, 6.45) is 8.04. The fraction of sp³-hybridized carbons (Fsp3) is 0.571. The molecule has 0 heterocycles. The Morgan fingerprint density at radius 3 is 2.37 bits per heavy atom. The Kier molecular flexibility index (Phi) is 4.82. The summed E-state index contributed by atoms with van der Waals surface area (Å²) in [7, 11) is -3.58. The molecule has 1 saturated carbocycles. The van der Waals surface area contributed by atoms with E-state index in [2.05, 4.69) is 5.32 Å². The molecule has 0 aromatic heterocycles. The van der Waals surface area contributed by atoms with Crippen molar-refractivity contribution in [3.8, 4) is 0 Å². The second kappa shape index (κ2) is 6.39. The Morgan fingerprint density at radius 1 is 1.16 bits per heavy atom. The minimum atomic E-state index is -3.58. The Balaban J connectivity index is 1.74. The summed E-state index contributed by atoms with van der Waals surface area (Å²) in [6, 6.07) is 6.59. The van der Waals surface area contributed by atoms with Gasteiger partial charge in [0, 0.05) is 12.2 Å². The lowest BCUT2D eigenvalue weighted by molar-refractivity contribution is 0.491. The first-order chi connectivity index (χ1) is 9.05. The van der Waals surface area contributed by atoms with E-state index in [1.165, 1.54) is 50.7 Å². The van der Waals surface area contributed by atoms with Gasteiger partial charge >= 0.3 is 0 Å². The molecule has 0 radical (unpaired) electrons. The van der Waals surface area contributed by atoms with E-state index in [-0.39, 0.29) is 4.90 Å². The van der Waals surface area contributed by atoms with E-state index in [0.29, 0.717) is 0 Å². The molecule has 19 heavy (non-hydrogen) atoms. The van der Waals surface area contributed by atoms with Gasteiger partial charge in [-0.25, -0.2) is 13.6 Å². The molecule has 0 bridgehead atoms. The van der Waals surface area contributed by atoms with Gasteiger partial charge in [-0.15, -0.1) is 0 Å². The smallest absolute Gasteiger partial charge is 0.238 e. The van der Waals surface area contributed by atoms with E-state index in [1.807, 2.05) is 0 Å². The minimum absolute atomic E-state index is 0.156. The molecule has 2 rings (SSSR count). The predicted molar refractivity (Wildman–Crippen MR) is 77.5 cm³/mol. The summed E-state index contributed by atoms with van der Waals surface area (Å²) < 4.78 is 22.2. The maximum atomic E-state index is 11.1. The van der Waals surface area contributed by atoms with Crippen molar-refractivity contribution in [3.05, 3.63) is 24.3 Å². The quantitative estimate of drug-likeness (QED) is 0.788. The molecule has 0 atom stereocenters. The predicted octanol–water partition coefficient (Wildman–Crippen LogP) is 2.72. The molecule has 1 aromatic carbocycles. The van der Waals surface area contributed by atoms with Crippen molar-refractivity contribution in [1.82, 2.24) is 0 Å². The van der Waals surface area contributed by atoms with Crippen molar-refractivity contribution in [1.29, 1.82) is 0 Å². The summed E-state index contributed by atoms with van der Waals surface area (Å²) >= 11 is 0. The van der Waals surface area contributed by atoms with Crippen LogP contribution in [-0.2, 0) is 10.0 Å². The molecule has 0 amide bonds. The van der Waals surface area contributed by atoms with Gasteiger partial charge in [0.1, 0.15) is 0 Å². The topological polar surface area (TPSA) is 72.2 Å². The van der Waals surface area contributed by atoms with Crippen molar-refractivity contribution in [2.75, 3.05) is 11.9 Å². The van der Waals surface area contributed by atoms with Gasteiger partial charge in [-0.05, 0) is 43.0 Å². The number of hydrogen-bond acceptors (Lipinski definition) is 3. The second-order valence-corrected chi connectivity index (χ2v) is 6.85. The highest BCUT2D eigenvalue weighted by Crippen LogP contribution is 2.28. The Hall–Kier alpha value is -1.07. The molecule has 3 N–H and O–H groups in total. The van der Waals surface area contributed by atoms with Gasteiger partial charge in [-0.3, -0.25) is 0 Å². The number of primary sulfonamides is 1. The van der Waals surface area contributed by atoms with Gasteiger partial charge < -0.3 is 5.32 Å². The van der Waals surface area contributed by atoms with Crippen LogP contribution in [-0.4, -0.2) is 15.0 Å². The molecular formula is C14H22N2O2S. The number of nitrogens with one attached hydrogen (secondary N) is 1. The summed E-state index contributed by atoms with van der Waals surface area (Å²) in [5.41, 5.74) is 0.943. The van der Waals surface area contributed by atoms with Crippen LogP contribution in [0.5, 0.6) is 0 Å². The van der Waals surface area contributed by atoms with E-state index < -0.39 is 10.0 Å². The number of sulfonamides is 1. The molecule has 1 fully saturated rings. The van der Waals surface area contributed by atoms with Crippen molar-refractivity contribution >= 4 is 15.7 Å². The molecule has 5 heteroatoms. The van der Waals surface area contributed by atoms with Crippen LogP contribution in [0.25, 0.3) is 0 Å². The lowest BCUT2D eigenvalue weighted by atomic mass is 10.0. The first-order valence-corrected chi connectivity index (χ1v) is 8.47. The van der Waals surface area contributed by atoms with Crippen LogP contribution in [0.1, 0.15) is 38.5 Å². The van der Waals surface area contributed by atoms with E-state index in [9.17, 15) is 8.42 Å². The summed E-state index contributed by atoms with van der Waals surface area (Å²) in [6.45, 7) is 0.936. The summed E-state index contributed by atoms with van der Waals surface area (Å²) in [5, 5.41) is 8.36. The molecule has 0 saturated heterocycles. The van der Waals surface area contributed by atoms with Crippen molar-refractivity contribution < 1.29 is 8.42 Å². The molecule has 1 aliphatic rings. The highest BCUT2D eigenvalue weighted by Gasteiger charge is 2.13. The molecule has 0 unspecified atom stereocenters. The molecule has 0 aliphatic heterocycles. The summed E-state index contributed by atoms with van der Waals surface area (Å²) in [4.78, 5) is 0.156. The van der Waals surface area contributed by atoms with Crippen LogP contribution in [0, 0.1) is 5.92 Å². The molecular weight excluding hydrogens is 260 g/mol. The van der Waals surface area contributed by atoms with E-state index >= 15 is 0 Å². The maximum absolute atomic E-state index is 11.1. The highest BCUT2D eigenvalue weighted by atomic mass is 32.2. The van der Waals surface area contributed by atoms with Crippen molar-refractivity contribution in [3.63, 3.8) is 0 Å². The Bertz CT molecular complexity index is 491. The van der Waals surface area contributed by atoms with Crippen LogP contribution in [0.2, 0.25) is 0 Å². The zero-order chi connectivity index (χ0) is 13.7. The van der Waals surface area contributed by atoms with Crippen LogP contribution < -0.4 is 10.5 Å². The molecule has 0 spiro atoms. The first-order valence-electron chi connectivity index (χ1n) is 6.92. The molecule has 1 aliphatic carbocycles. The van der Waals surface area contributed by atoms with Crippen molar-refractivity contribution in [2.24, 2.45) is 11.1 Å². The van der Waals surface area contributed by atoms with Gasteiger partial charge in [0.15, 0.2) is 0 Å². The third kappa shape index (κ3) is 4.51. The van der Waals surface area contributed by atoms with E-state index in [4.69, 9.17) is 5.14 Å². The molecule has 106 valence electrons. The zero-order valence-electron chi connectivity index (χ0n) is 11.1. The number of benzene rings is 1. The van der Waals surface area contributed by atoms with Gasteiger partial charge in [0.2, 0.25) is 10.0 Å². The van der Waals surface area contributed by atoms with Crippen molar-refractivity contribution in [2.45, 2.75) is 43.4 Å². The fourth-order valence-electron chi connectivity index (χ4n) is 2.68. The number of anilines is 1. The SMILES string of the molecule is NS(=O)(=O)c1ccc(NCCCC2CCCC2)cc1. The van der Waals surface area contributed by atoms with Crippen LogP contribution >= 0.6 is 0 Å². The molecule has 4 nitrogen and oxygen atoms in total. The average molecular weight is 282 g/mol. The second-order valence-electron chi connectivity index (χ2n) is 5.29. The summed E-state index contributed by atoms with van der Waals surface area (Å²) in [5.74, 6) is 0.923. The van der Waals surface area contributed by atoms with Crippen LogP contribution in [0.15, 0.2) is 29.2 Å². The fourth-order valence-corrected chi connectivity index (χ4v) is 3.20. The average Bonchev–Trinajstić information content (AvgIpc) is 2.87. The number of rotatable bonds is 6. The Morgan fingerprint density at radius 2 is 1.79 bits per heavy atom. The monoisotopic (exact) mass is 282 g/mol.